The summed E-state index contributed by atoms with van der Waals surface area (Å²) < 4.78 is 0. The Morgan fingerprint density at radius 3 is 2.48 bits per heavy atom. The molecule has 2 N–H and O–H groups in total. The average Bonchev–Trinajstić information content (AvgIpc) is 2.46. The third-order valence-corrected chi connectivity index (χ3v) is 3.92. The summed E-state index contributed by atoms with van der Waals surface area (Å²) in [5, 5.41) is 18.6. The van der Waals surface area contributed by atoms with Gasteiger partial charge in [0.1, 0.15) is 11.8 Å². The Morgan fingerprint density at radius 2 is 1.90 bits per heavy atom. The second-order valence-electron chi connectivity index (χ2n) is 5.53. The number of phenols is 1. The molecule has 1 aliphatic rings. The van der Waals surface area contributed by atoms with Crippen LogP contribution in [0.3, 0.4) is 0 Å². The topological polar surface area (TPSA) is 81.1 Å². The molecule has 0 aromatic heterocycles. The Bertz CT molecular complexity index is 529. The molecule has 1 heterocycles. The number of nitrogens with zero attached hydrogens (tertiary/aromatic N) is 2. The van der Waals surface area contributed by atoms with Crippen LogP contribution in [-0.4, -0.2) is 46.7 Å². The van der Waals surface area contributed by atoms with Crippen LogP contribution < -0.4 is 4.90 Å². The summed E-state index contributed by atoms with van der Waals surface area (Å²) in [6.45, 7) is 2.45. The number of carboxylic acids is 1. The number of aromatic hydroxyl groups is 1. The lowest BCUT2D eigenvalue weighted by Crippen LogP contribution is -2.53. The average molecular weight is 292 g/mol. The minimum Gasteiger partial charge on any atom is -0.508 e. The summed E-state index contributed by atoms with van der Waals surface area (Å²) in [6.07, 6.45) is 1.28. The standard InChI is InChI=1S/C15H20N2O4/c1-10-7-8-17(13(9-10)14(19)20)15(21)16(2)11-3-5-12(18)6-4-11/h3-6,10,13,18H,7-9H2,1-2H3,(H,19,20). The van der Waals surface area contributed by atoms with Crippen LogP contribution in [0.4, 0.5) is 10.5 Å². The number of rotatable bonds is 2. The molecular weight excluding hydrogens is 272 g/mol. The lowest BCUT2D eigenvalue weighted by molar-refractivity contribution is -0.143. The normalized spacial score (nSPS) is 21.9. The van der Waals surface area contributed by atoms with E-state index in [2.05, 4.69) is 0 Å². The van der Waals surface area contributed by atoms with E-state index in [-0.39, 0.29) is 11.8 Å². The number of amides is 2. The van der Waals surface area contributed by atoms with Crippen LogP contribution in [0.1, 0.15) is 19.8 Å². The Morgan fingerprint density at radius 1 is 1.29 bits per heavy atom. The van der Waals surface area contributed by atoms with E-state index in [1.807, 2.05) is 6.92 Å². The summed E-state index contributed by atoms with van der Waals surface area (Å²) in [5.74, 6) is -0.544. The zero-order valence-corrected chi connectivity index (χ0v) is 12.2. The van der Waals surface area contributed by atoms with Gasteiger partial charge < -0.3 is 15.1 Å². The van der Waals surface area contributed by atoms with Gasteiger partial charge >= 0.3 is 12.0 Å². The smallest absolute Gasteiger partial charge is 0.326 e. The molecule has 2 atom stereocenters. The zero-order valence-electron chi connectivity index (χ0n) is 12.2. The van der Waals surface area contributed by atoms with Gasteiger partial charge in [-0.05, 0) is 43.0 Å². The van der Waals surface area contributed by atoms with Crippen LogP contribution >= 0.6 is 0 Å². The van der Waals surface area contributed by atoms with E-state index in [9.17, 15) is 19.8 Å². The van der Waals surface area contributed by atoms with E-state index in [0.29, 0.717) is 24.6 Å². The summed E-state index contributed by atoms with van der Waals surface area (Å²) in [7, 11) is 1.60. The van der Waals surface area contributed by atoms with Gasteiger partial charge in [0.15, 0.2) is 0 Å². The highest BCUT2D eigenvalue weighted by atomic mass is 16.4. The Hall–Kier alpha value is -2.24. The lowest BCUT2D eigenvalue weighted by Gasteiger charge is -2.38. The van der Waals surface area contributed by atoms with Crippen molar-refractivity contribution in [3.05, 3.63) is 24.3 Å². The van der Waals surface area contributed by atoms with E-state index in [4.69, 9.17) is 0 Å². The van der Waals surface area contributed by atoms with E-state index >= 15 is 0 Å². The van der Waals surface area contributed by atoms with Crippen LogP contribution in [0.5, 0.6) is 5.75 Å². The summed E-state index contributed by atoms with van der Waals surface area (Å²) >= 11 is 0. The summed E-state index contributed by atoms with van der Waals surface area (Å²) in [4.78, 5) is 26.7. The number of anilines is 1. The molecule has 2 amide bonds. The van der Waals surface area contributed by atoms with Gasteiger partial charge in [0, 0.05) is 19.3 Å². The highest BCUT2D eigenvalue weighted by Crippen LogP contribution is 2.25. The van der Waals surface area contributed by atoms with Gasteiger partial charge in [-0.2, -0.15) is 0 Å². The third-order valence-electron chi connectivity index (χ3n) is 3.92. The number of carbonyl (C=O) groups excluding carboxylic acids is 1. The number of carbonyl (C=O) groups is 2. The molecule has 1 saturated heterocycles. The molecule has 0 spiro atoms. The highest BCUT2D eigenvalue weighted by Gasteiger charge is 2.36. The van der Waals surface area contributed by atoms with E-state index in [1.54, 1.807) is 19.2 Å². The third kappa shape index (κ3) is 3.26. The van der Waals surface area contributed by atoms with Crippen LogP contribution in [0.15, 0.2) is 24.3 Å². The maximum Gasteiger partial charge on any atom is 0.326 e. The second kappa shape index (κ2) is 6.03. The number of urea groups is 1. The first-order chi connectivity index (χ1) is 9.90. The number of likely N-dealkylation sites (tertiary alicyclic amines) is 1. The lowest BCUT2D eigenvalue weighted by atomic mass is 9.92. The fourth-order valence-electron chi connectivity index (χ4n) is 2.58. The molecule has 6 heteroatoms. The molecule has 0 aliphatic carbocycles. The van der Waals surface area contributed by atoms with Crippen LogP contribution in [0.2, 0.25) is 0 Å². The molecule has 0 bridgehead atoms. The zero-order chi connectivity index (χ0) is 15.6. The van der Waals surface area contributed by atoms with Gasteiger partial charge in [0.2, 0.25) is 0 Å². The van der Waals surface area contributed by atoms with Crippen molar-refractivity contribution in [1.82, 2.24) is 4.90 Å². The van der Waals surface area contributed by atoms with Crippen LogP contribution in [-0.2, 0) is 4.79 Å². The molecule has 21 heavy (non-hydrogen) atoms. The van der Waals surface area contributed by atoms with Crippen molar-refractivity contribution in [2.24, 2.45) is 5.92 Å². The first kappa shape index (κ1) is 15.2. The van der Waals surface area contributed by atoms with Gasteiger partial charge in [0.05, 0.1) is 0 Å². The second-order valence-corrected chi connectivity index (χ2v) is 5.53. The quantitative estimate of drug-likeness (QED) is 0.875. The van der Waals surface area contributed by atoms with Crippen molar-refractivity contribution >= 4 is 17.7 Å². The van der Waals surface area contributed by atoms with Crippen LogP contribution in [0, 0.1) is 5.92 Å². The number of hydrogen-bond acceptors (Lipinski definition) is 3. The molecule has 1 aromatic rings. The molecular formula is C15H20N2O4. The van der Waals surface area contributed by atoms with Gasteiger partial charge in [0.25, 0.3) is 0 Å². The monoisotopic (exact) mass is 292 g/mol. The highest BCUT2D eigenvalue weighted by molar-refractivity contribution is 5.94. The molecule has 114 valence electrons. The number of aliphatic carboxylic acids is 1. The molecule has 2 rings (SSSR count). The number of phenolic OH excluding ortho intramolecular Hbond substituents is 1. The molecule has 1 fully saturated rings. The molecule has 6 nitrogen and oxygen atoms in total. The maximum absolute atomic E-state index is 12.5. The number of piperidine rings is 1. The van der Waals surface area contributed by atoms with Gasteiger partial charge in [-0.25, -0.2) is 9.59 Å². The Labute approximate surface area is 123 Å². The van der Waals surface area contributed by atoms with Gasteiger partial charge in [-0.3, -0.25) is 4.90 Å². The molecule has 1 aromatic carbocycles. The van der Waals surface area contributed by atoms with Crippen molar-refractivity contribution in [1.29, 1.82) is 0 Å². The minimum absolute atomic E-state index is 0.120. The Kier molecular flexibility index (Phi) is 4.35. The Balaban J connectivity index is 2.17. The van der Waals surface area contributed by atoms with Crippen molar-refractivity contribution in [2.45, 2.75) is 25.8 Å². The van der Waals surface area contributed by atoms with Crippen molar-refractivity contribution < 1.29 is 19.8 Å². The molecule has 0 radical (unpaired) electrons. The first-order valence-corrected chi connectivity index (χ1v) is 6.96. The van der Waals surface area contributed by atoms with Gasteiger partial charge in [-0.15, -0.1) is 0 Å². The van der Waals surface area contributed by atoms with Crippen molar-refractivity contribution in [3.8, 4) is 5.75 Å². The fourth-order valence-corrected chi connectivity index (χ4v) is 2.58. The summed E-state index contributed by atoms with van der Waals surface area (Å²) in [6, 6.07) is 5.12. The van der Waals surface area contributed by atoms with Gasteiger partial charge in [-0.1, -0.05) is 6.92 Å². The van der Waals surface area contributed by atoms with E-state index < -0.39 is 12.0 Å². The largest absolute Gasteiger partial charge is 0.508 e. The number of hydrogen-bond donors (Lipinski definition) is 2. The van der Waals surface area contributed by atoms with Crippen LogP contribution in [0.25, 0.3) is 0 Å². The van der Waals surface area contributed by atoms with E-state index in [0.717, 1.165) is 6.42 Å². The molecule has 1 aliphatic heterocycles. The van der Waals surface area contributed by atoms with Crippen molar-refractivity contribution in [3.63, 3.8) is 0 Å². The minimum atomic E-state index is -0.964. The van der Waals surface area contributed by atoms with E-state index in [1.165, 1.54) is 21.9 Å². The predicted octanol–water partition coefficient (Wildman–Crippen LogP) is 2.13. The maximum atomic E-state index is 12.5. The van der Waals surface area contributed by atoms with Crippen molar-refractivity contribution in [2.75, 3.05) is 18.5 Å². The first-order valence-electron chi connectivity index (χ1n) is 6.96. The summed E-state index contributed by atoms with van der Waals surface area (Å²) in [5.41, 5.74) is 0.612. The SMILES string of the molecule is CC1CCN(C(=O)N(C)c2ccc(O)cc2)C(C(=O)O)C1. The number of carboxylic acid groups (broad SMARTS) is 1. The molecule has 0 saturated carbocycles. The molecule has 2 unspecified atom stereocenters. The number of benzene rings is 1. The predicted molar refractivity (Wildman–Crippen MR) is 78.4 cm³/mol. The fraction of sp³-hybridized carbons (Fsp3) is 0.467.